The maximum atomic E-state index is 6.12. The Morgan fingerprint density at radius 1 is 1.42 bits per heavy atom. The van der Waals surface area contributed by atoms with Crippen LogP contribution in [0.4, 0.5) is 0 Å². The Morgan fingerprint density at radius 2 is 2.11 bits per heavy atom. The van der Waals surface area contributed by atoms with Crippen molar-refractivity contribution in [2.24, 2.45) is 5.92 Å². The molecule has 3 nitrogen and oxygen atoms in total. The highest BCUT2D eigenvalue weighted by Crippen LogP contribution is 2.41. The van der Waals surface area contributed by atoms with E-state index >= 15 is 0 Å². The molecule has 106 valence electrons. The quantitative estimate of drug-likeness (QED) is 0.842. The summed E-state index contributed by atoms with van der Waals surface area (Å²) in [7, 11) is 0. The van der Waals surface area contributed by atoms with Crippen molar-refractivity contribution in [1.82, 2.24) is 9.97 Å². The van der Waals surface area contributed by atoms with E-state index < -0.39 is 0 Å². The van der Waals surface area contributed by atoms with Crippen LogP contribution in [0.3, 0.4) is 0 Å². The van der Waals surface area contributed by atoms with Crippen molar-refractivity contribution in [3.63, 3.8) is 0 Å². The highest BCUT2D eigenvalue weighted by molar-refractivity contribution is 7.71. The molecule has 1 N–H and O–H groups in total. The number of hydrogen-bond acceptors (Lipinski definition) is 3. The summed E-state index contributed by atoms with van der Waals surface area (Å²) in [5.41, 5.74) is 0.896. The first-order valence-corrected chi connectivity index (χ1v) is 7.75. The second kappa shape index (κ2) is 6.14. The second-order valence-corrected chi connectivity index (χ2v) is 5.97. The highest BCUT2D eigenvalue weighted by Gasteiger charge is 2.38. The molecule has 1 fully saturated rings. The third kappa shape index (κ3) is 3.23. The van der Waals surface area contributed by atoms with Gasteiger partial charge in [-0.05, 0) is 51.0 Å². The van der Waals surface area contributed by atoms with E-state index in [2.05, 4.69) is 30.7 Å². The van der Waals surface area contributed by atoms with Gasteiger partial charge in [0.05, 0.1) is 0 Å². The molecular weight excluding hydrogens is 256 g/mol. The maximum Gasteiger partial charge on any atom is 0.140 e. The Labute approximate surface area is 120 Å². The zero-order valence-corrected chi connectivity index (χ0v) is 13.0. The summed E-state index contributed by atoms with van der Waals surface area (Å²) in [6, 6.07) is 1.95. The van der Waals surface area contributed by atoms with E-state index in [1.165, 1.54) is 12.8 Å². The van der Waals surface area contributed by atoms with Gasteiger partial charge in [0.2, 0.25) is 0 Å². The van der Waals surface area contributed by atoms with Crippen LogP contribution in [-0.2, 0) is 16.8 Å². The molecule has 4 heteroatoms. The first-order valence-electron chi connectivity index (χ1n) is 7.34. The third-order valence-corrected chi connectivity index (χ3v) is 4.32. The molecule has 2 rings (SSSR count). The summed E-state index contributed by atoms with van der Waals surface area (Å²) in [4.78, 5) is 8.00. The fourth-order valence-electron chi connectivity index (χ4n) is 2.87. The molecule has 1 aliphatic rings. The second-order valence-electron chi connectivity index (χ2n) is 5.56. The predicted molar refractivity (Wildman–Crippen MR) is 79.7 cm³/mol. The molecule has 0 radical (unpaired) electrons. The molecular formula is C15H24N2OS. The highest BCUT2D eigenvalue weighted by atomic mass is 32.1. The van der Waals surface area contributed by atoms with Crippen LogP contribution in [0.25, 0.3) is 0 Å². The Hall–Kier alpha value is -0.740. The van der Waals surface area contributed by atoms with E-state index in [1.807, 2.05) is 6.07 Å². The SMILES string of the molecule is CCOC1(c2nc(=S)cc(CC)[nH]2)CCC(C)CC1. The number of nitrogens with zero attached hydrogens (tertiary/aromatic N) is 1. The van der Waals surface area contributed by atoms with Crippen LogP contribution in [0.5, 0.6) is 0 Å². The molecule has 1 aromatic heterocycles. The lowest BCUT2D eigenvalue weighted by Crippen LogP contribution is -2.36. The Bertz CT molecular complexity index is 475. The van der Waals surface area contributed by atoms with Crippen LogP contribution in [0.2, 0.25) is 0 Å². The largest absolute Gasteiger partial charge is 0.367 e. The van der Waals surface area contributed by atoms with Gasteiger partial charge in [0.15, 0.2) is 0 Å². The van der Waals surface area contributed by atoms with Crippen LogP contribution in [0, 0.1) is 10.6 Å². The van der Waals surface area contributed by atoms with Crippen LogP contribution in [-0.4, -0.2) is 16.6 Å². The van der Waals surface area contributed by atoms with Crippen molar-refractivity contribution in [2.75, 3.05) is 6.61 Å². The number of nitrogens with one attached hydrogen (secondary N) is 1. The Kier molecular flexibility index (Phi) is 4.74. The Balaban J connectivity index is 2.38. The van der Waals surface area contributed by atoms with Crippen molar-refractivity contribution in [3.05, 3.63) is 22.2 Å². The summed E-state index contributed by atoms with van der Waals surface area (Å²) in [5, 5.41) is 0. The standard InChI is InChI=1S/C15H24N2OS/c1-4-12-10-13(19)17-14(16-12)15(18-5-2)8-6-11(3)7-9-15/h10-11H,4-9H2,1-3H3,(H,16,17,19). The van der Waals surface area contributed by atoms with Crippen LogP contribution in [0.15, 0.2) is 6.07 Å². The number of aromatic amines is 1. The molecule has 1 aromatic rings. The minimum absolute atomic E-state index is 0.250. The number of aromatic nitrogens is 2. The van der Waals surface area contributed by atoms with Gasteiger partial charge in [-0.25, -0.2) is 4.98 Å². The maximum absolute atomic E-state index is 6.12. The normalized spacial score (nSPS) is 27.4. The van der Waals surface area contributed by atoms with Crippen molar-refractivity contribution < 1.29 is 4.74 Å². The number of rotatable bonds is 4. The van der Waals surface area contributed by atoms with E-state index in [1.54, 1.807) is 0 Å². The van der Waals surface area contributed by atoms with E-state index in [9.17, 15) is 0 Å². The average Bonchev–Trinajstić information content (AvgIpc) is 2.41. The number of ether oxygens (including phenoxy) is 1. The van der Waals surface area contributed by atoms with E-state index in [0.29, 0.717) is 11.2 Å². The van der Waals surface area contributed by atoms with E-state index in [4.69, 9.17) is 17.0 Å². The molecule has 0 saturated heterocycles. The molecule has 19 heavy (non-hydrogen) atoms. The molecule has 1 saturated carbocycles. The summed E-state index contributed by atoms with van der Waals surface area (Å²) >= 11 is 5.29. The summed E-state index contributed by atoms with van der Waals surface area (Å²) < 4.78 is 6.79. The molecule has 0 atom stereocenters. The zero-order chi connectivity index (χ0) is 13.9. The van der Waals surface area contributed by atoms with Gasteiger partial charge in [-0.3, -0.25) is 0 Å². The van der Waals surface area contributed by atoms with Gasteiger partial charge >= 0.3 is 0 Å². The molecule has 0 unspecified atom stereocenters. The van der Waals surface area contributed by atoms with Crippen molar-refractivity contribution >= 4 is 12.2 Å². The molecule has 0 aromatic carbocycles. The van der Waals surface area contributed by atoms with Gasteiger partial charge in [0.1, 0.15) is 16.1 Å². The first-order chi connectivity index (χ1) is 9.09. The van der Waals surface area contributed by atoms with Gasteiger partial charge in [-0.15, -0.1) is 0 Å². The van der Waals surface area contributed by atoms with Crippen LogP contribution < -0.4 is 0 Å². The van der Waals surface area contributed by atoms with Gasteiger partial charge in [0.25, 0.3) is 0 Å². The molecule has 1 aliphatic carbocycles. The van der Waals surface area contributed by atoms with Gasteiger partial charge in [0, 0.05) is 12.3 Å². The molecule has 0 aliphatic heterocycles. The number of H-pyrrole nitrogens is 1. The van der Waals surface area contributed by atoms with Gasteiger partial charge in [-0.1, -0.05) is 26.1 Å². The molecule has 0 bridgehead atoms. The third-order valence-electron chi connectivity index (χ3n) is 4.11. The van der Waals surface area contributed by atoms with Crippen molar-refractivity contribution in [1.29, 1.82) is 0 Å². The zero-order valence-electron chi connectivity index (χ0n) is 12.2. The van der Waals surface area contributed by atoms with Crippen LogP contribution in [0.1, 0.15) is 58.0 Å². The summed E-state index contributed by atoms with van der Waals surface area (Å²) in [6.07, 6.45) is 5.40. The van der Waals surface area contributed by atoms with E-state index in [0.717, 1.165) is 36.7 Å². The number of aryl methyl sites for hydroxylation is 1. The summed E-state index contributed by atoms with van der Waals surface area (Å²) in [5.74, 6) is 1.72. The average molecular weight is 280 g/mol. The van der Waals surface area contributed by atoms with Gasteiger partial charge < -0.3 is 9.72 Å². The molecule has 0 amide bonds. The fourth-order valence-corrected chi connectivity index (χ4v) is 3.10. The van der Waals surface area contributed by atoms with Crippen molar-refractivity contribution in [2.45, 2.75) is 58.5 Å². The molecule has 0 spiro atoms. The van der Waals surface area contributed by atoms with Crippen molar-refractivity contribution in [3.8, 4) is 0 Å². The Morgan fingerprint density at radius 3 is 2.68 bits per heavy atom. The predicted octanol–water partition coefficient (Wildman–Crippen LogP) is 4.14. The lowest BCUT2D eigenvalue weighted by molar-refractivity contribution is -0.0839. The lowest BCUT2D eigenvalue weighted by Gasteiger charge is -2.38. The summed E-state index contributed by atoms with van der Waals surface area (Å²) in [6.45, 7) is 7.21. The van der Waals surface area contributed by atoms with Crippen LogP contribution >= 0.6 is 12.2 Å². The topological polar surface area (TPSA) is 37.9 Å². The monoisotopic (exact) mass is 280 g/mol. The fraction of sp³-hybridized carbons (Fsp3) is 0.733. The number of hydrogen-bond donors (Lipinski definition) is 1. The minimum atomic E-state index is -0.250. The minimum Gasteiger partial charge on any atom is -0.367 e. The van der Waals surface area contributed by atoms with Gasteiger partial charge in [-0.2, -0.15) is 0 Å². The lowest BCUT2D eigenvalue weighted by atomic mass is 9.79. The molecule has 1 heterocycles. The van der Waals surface area contributed by atoms with E-state index in [-0.39, 0.29) is 5.60 Å². The smallest absolute Gasteiger partial charge is 0.140 e. The first kappa shape index (κ1) is 14.7.